The summed E-state index contributed by atoms with van der Waals surface area (Å²) in [4.78, 5) is 11.2. The topological polar surface area (TPSA) is 52.3 Å². The minimum absolute atomic E-state index is 0.0492. The summed E-state index contributed by atoms with van der Waals surface area (Å²) in [5.74, 6) is -0.373. The van der Waals surface area contributed by atoms with Crippen LogP contribution in [-0.4, -0.2) is 19.1 Å². The number of hydrogen-bond donors (Lipinski definition) is 1. The van der Waals surface area contributed by atoms with E-state index in [1.54, 1.807) is 0 Å². The van der Waals surface area contributed by atoms with Crippen molar-refractivity contribution in [3.63, 3.8) is 0 Å². The summed E-state index contributed by atoms with van der Waals surface area (Å²) in [7, 11) is 1.35. The minimum Gasteiger partial charge on any atom is -0.468 e. The number of carbonyl (C=O) groups is 1. The molecule has 0 aromatic heterocycles. The van der Waals surface area contributed by atoms with E-state index in [-0.39, 0.29) is 11.4 Å². The van der Waals surface area contributed by atoms with Crippen LogP contribution in [0.4, 0.5) is 0 Å². The molecular formula is C13H19NO2. The van der Waals surface area contributed by atoms with E-state index in [0.29, 0.717) is 6.42 Å². The van der Waals surface area contributed by atoms with Gasteiger partial charge in [-0.2, -0.15) is 0 Å². The van der Waals surface area contributed by atoms with Crippen molar-refractivity contribution in [1.29, 1.82) is 0 Å². The first-order valence-electron chi connectivity index (χ1n) is 5.36. The maximum atomic E-state index is 11.2. The Kier molecular flexibility index (Phi) is 4.07. The van der Waals surface area contributed by atoms with Crippen molar-refractivity contribution in [3.05, 3.63) is 36.0 Å². The van der Waals surface area contributed by atoms with Crippen LogP contribution in [0.25, 0.3) is 0 Å². The van der Waals surface area contributed by atoms with Crippen LogP contribution in [-0.2, 0) is 9.53 Å². The van der Waals surface area contributed by atoms with E-state index in [2.05, 4.69) is 30.7 Å². The van der Waals surface area contributed by atoms with Gasteiger partial charge in [-0.1, -0.05) is 44.2 Å². The van der Waals surface area contributed by atoms with E-state index < -0.39 is 6.04 Å². The molecule has 0 saturated carbocycles. The SMILES string of the molecule is COC(=O)C(N)CC1=CC=CC(C)(C)C=C1. The fraction of sp³-hybridized carbons (Fsp3) is 0.462. The third kappa shape index (κ3) is 3.66. The van der Waals surface area contributed by atoms with Gasteiger partial charge in [-0.3, -0.25) is 4.79 Å². The number of methoxy groups -OCH3 is 1. The Morgan fingerprint density at radius 2 is 2.19 bits per heavy atom. The van der Waals surface area contributed by atoms with Crippen LogP contribution in [0.5, 0.6) is 0 Å². The number of hydrogen-bond acceptors (Lipinski definition) is 3. The highest BCUT2D eigenvalue weighted by Crippen LogP contribution is 2.23. The molecule has 3 nitrogen and oxygen atoms in total. The maximum absolute atomic E-state index is 11.2. The second-order valence-corrected chi connectivity index (χ2v) is 4.59. The molecule has 0 saturated heterocycles. The molecule has 0 bridgehead atoms. The van der Waals surface area contributed by atoms with Gasteiger partial charge in [0.15, 0.2) is 0 Å². The highest BCUT2D eigenvalue weighted by Gasteiger charge is 2.16. The fourth-order valence-electron chi connectivity index (χ4n) is 1.48. The third-order valence-electron chi connectivity index (χ3n) is 2.52. The maximum Gasteiger partial charge on any atom is 0.322 e. The Hall–Kier alpha value is -1.35. The van der Waals surface area contributed by atoms with Crippen LogP contribution in [0, 0.1) is 5.41 Å². The van der Waals surface area contributed by atoms with Crippen molar-refractivity contribution in [3.8, 4) is 0 Å². The van der Waals surface area contributed by atoms with Gasteiger partial charge in [0.2, 0.25) is 0 Å². The van der Waals surface area contributed by atoms with Crippen molar-refractivity contribution >= 4 is 5.97 Å². The van der Waals surface area contributed by atoms with Gasteiger partial charge in [0.1, 0.15) is 6.04 Å². The number of rotatable bonds is 3. The summed E-state index contributed by atoms with van der Waals surface area (Å²) in [5.41, 5.74) is 6.79. The van der Waals surface area contributed by atoms with Crippen molar-refractivity contribution in [2.24, 2.45) is 11.1 Å². The van der Waals surface area contributed by atoms with E-state index >= 15 is 0 Å². The Morgan fingerprint density at radius 3 is 2.81 bits per heavy atom. The Bertz CT molecular complexity index is 351. The lowest BCUT2D eigenvalue weighted by atomic mass is 9.93. The molecule has 1 unspecified atom stereocenters. The van der Waals surface area contributed by atoms with E-state index in [1.165, 1.54) is 7.11 Å². The molecule has 2 N–H and O–H groups in total. The van der Waals surface area contributed by atoms with Gasteiger partial charge in [0, 0.05) is 5.41 Å². The molecule has 0 aromatic rings. The summed E-state index contributed by atoms with van der Waals surface area (Å²) in [6.07, 6.45) is 10.7. The molecule has 0 aliphatic heterocycles. The van der Waals surface area contributed by atoms with Gasteiger partial charge in [0.25, 0.3) is 0 Å². The molecule has 0 fully saturated rings. The molecule has 0 heterocycles. The molecule has 0 radical (unpaired) electrons. The van der Waals surface area contributed by atoms with E-state index in [0.717, 1.165) is 5.57 Å². The van der Waals surface area contributed by atoms with Gasteiger partial charge in [-0.05, 0) is 12.0 Å². The standard InChI is InChI=1S/C13H19NO2/c1-13(2)7-4-5-10(6-8-13)9-11(14)12(15)16-3/h4-8,11H,9,14H2,1-3H3. The average molecular weight is 221 g/mol. The number of allylic oxidation sites excluding steroid dienone is 5. The van der Waals surface area contributed by atoms with Crippen molar-refractivity contribution in [2.75, 3.05) is 7.11 Å². The molecule has 0 amide bonds. The highest BCUT2D eigenvalue weighted by molar-refractivity contribution is 5.75. The Morgan fingerprint density at radius 1 is 1.50 bits per heavy atom. The van der Waals surface area contributed by atoms with Gasteiger partial charge in [-0.15, -0.1) is 0 Å². The first kappa shape index (κ1) is 12.7. The number of esters is 1. The molecule has 16 heavy (non-hydrogen) atoms. The summed E-state index contributed by atoms with van der Waals surface area (Å²) in [6.45, 7) is 4.24. The monoisotopic (exact) mass is 221 g/mol. The summed E-state index contributed by atoms with van der Waals surface area (Å²) >= 11 is 0. The van der Waals surface area contributed by atoms with Gasteiger partial charge < -0.3 is 10.5 Å². The Balaban J connectivity index is 2.67. The smallest absolute Gasteiger partial charge is 0.322 e. The largest absolute Gasteiger partial charge is 0.468 e. The fourth-order valence-corrected chi connectivity index (χ4v) is 1.48. The van der Waals surface area contributed by atoms with Gasteiger partial charge in [0.05, 0.1) is 7.11 Å². The first-order chi connectivity index (χ1) is 7.44. The molecule has 1 aliphatic carbocycles. The summed E-state index contributed by atoms with van der Waals surface area (Å²) in [5, 5.41) is 0. The summed E-state index contributed by atoms with van der Waals surface area (Å²) in [6, 6.07) is -0.587. The predicted octanol–water partition coefficient (Wildman–Crippen LogP) is 1.96. The zero-order valence-corrected chi connectivity index (χ0v) is 10.1. The molecule has 0 aromatic carbocycles. The third-order valence-corrected chi connectivity index (χ3v) is 2.52. The van der Waals surface area contributed by atoms with Crippen LogP contribution in [0.1, 0.15) is 20.3 Å². The minimum atomic E-state index is -0.587. The van der Waals surface area contributed by atoms with Crippen LogP contribution in [0.15, 0.2) is 36.0 Å². The first-order valence-corrected chi connectivity index (χ1v) is 5.36. The predicted molar refractivity (Wildman–Crippen MR) is 64.8 cm³/mol. The number of carbonyl (C=O) groups excluding carboxylic acids is 1. The lowest BCUT2D eigenvalue weighted by Crippen LogP contribution is -2.31. The van der Waals surface area contributed by atoms with Crippen LogP contribution in [0.3, 0.4) is 0 Å². The highest BCUT2D eigenvalue weighted by atomic mass is 16.5. The molecule has 0 spiro atoms. The summed E-state index contributed by atoms with van der Waals surface area (Å²) < 4.78 is 4.59. The molecule has 1 rings (SSSR count). The van der Waals surface area contributed by atoms with E-state index in [1.807, 2.05) is 18.2 Å². The van der Waals surface area contributed by atoms with E-state index in [4.69, 9.17) is 5.73 Å². The zero-order valence-electron chi connectivity index (χ0n) is 10.1. The number of nitrogens with two attached hydrogens (primary N) is 1. The average Bonchev–Trinajstić information content (AvgIpc) is 2.39. The van der Waals surface area contributed by atoms with Crippen LogP contribution in [0.2, 0.25) is 0 Å². The van der Waals surface area contributed by atoms with Gasteiger partial charge in [-0.25, -0.2) is 0 Å². The second kappa shape index (κ2) is 5.12. The Labute approximate surface area is 96.7 Å². The lowest BCUT2D eigenvalue weighted by molar-refractivity contribution is -0.142. The second-order valence-electron chi connectivity index (χ2n) is 4.59. The molecular weight excluding hydrogens is 202 g/mol. The van der Waals surface area contributed by atoms with Crippen molar-refractivity contribution in [2.45, 2.75) is 26.3 Å². The van der Waals surface area contributed by atoms with E-state index in [9.17, 15) is 4.79 Å². The van der Waals surface area contributed by atoms with Gasteiger partial charge >= 0.3 is 5.97 Å². The zero-order chi connectivity index (χ0) is 12.2. The molecule has 3 heteroatoms. The quantitative estimate of drug-likeness (QED) is 0.741. The lowest BCUT2D eigenvalue weighted by Gasteiger charge is -2.13. The van der Waals surface area contributed by atoms with Crippen molar-refractivity contribution in [1.82, 2.24) is 0 Å². The normalized spacial score (nSPS) is 19.9. The molecule has 88 valence electrons. The molecule has 1 aliphatic rings. The van der Waals surface area contributed by atoms with Crippen molar-refractivity contribution < 1.29 is 9.53 Å². The number of ether oxygens (including phenoxy) is 1. The van der Waals surface area contributed by atoms with Crippen LogP contribution < -0.4 is 5.73 Å². The molecule has 1 atom stereocenters. The van der Waals surface area contributed by atoms with Crippen LogP contribution >= 0.6 is 0 Å².